The Labute approximate surface area is 148 Å². The number of nitrogens with one attached hydrogen (secondary N) is 1. The van der Waals surface area contributed by atoms with Crippen molar-refractivity contribution in [1.82, 2.24) is 4.72 Å². The molecule has 0 aliphatic carbocycles. The molecule has 8 nitrogen and oxygen atoms in total. The van der Waals surface area contributed by atoms with Crippen molar-refractivity contribution in [1.29, 1.82) is 0 Å². The highest BCUT2D eigenvalue weighted by Gasteiger charge is 2.25. The fourth-order valence-electron chi connectivity index (χ4n) is 2.15. The molecule has 0 bridgehead atoms. The van der Waals surface area contributed by atoms with Crippen molar-refractivity contribution in [3.63, 3.8) is 0 Å². The van der Waals surface area contributed by atoms with Crippen molar-refractivity contribution in [2.75, 3.05) is 0 Å². The third-order valence-electron chi connectivity index (χ3n) is 3.29. The minimum atomic E-state index is -4.07. The van der Waals surface area contributed by atoms with Crippen LogP contribution in [0.3, 0.4) is 0 Å². The lowest BCUT2D eigenvalue weighted by molar-refractivity contribution is -0.384. The first kappa shape index (κ1) is 18.8. The first-order valence-electron chi connectivity index (χ1n) is 6.92. The van der Waals surface area contributed by atoms with Gasteiger partial charge in [-0.15, -0.1) is 0 Å². The van der Waals surface area contributed by atoms with Gasteiger partial charge in [-0.1, -0.05) is 29.8 Å². The average molecular weight is 384 g/mol. The average Bonchev–Trinajstić information content (AvgIpc) is 2.54. The third kappa shape index (κ3) is 4.75. The molecule has 25 heavy (non-hydrogen) atoms. The number of sulfonamides is 1. The van der Waals surface area contributed by atoms with Crippen molar-refractivity contribution >= 4 is 33.3 Å². The maximum absolute atomic E-state index is 12.4. The second-order valence-corrected chi connectivity index (χ2v) is 7.15. The zero-order valence-electron chi connectivity index (χ0n) is 12.6. The Morgan fingerprint density at radius 2 is 1.84 bits per heavy atom. The normalized spacial score (nSPS) is 12.5. The van der Waals surface area contributed by atoms with Crippen LogP contribution >= 0.6 is 11.6 Å². The van der Waals surface area contributed by atoms with Crippen molar-refractivity contribution in [2.45, 2.75) is 17.4 Å². The lowest BCUT2D eigenvalue weighted by atomic mass is 10.0. The van der Waals surface area contributed by atoms with E-state index in [1.807, 2.05) is 0 Å². The van der Waals surface area contributed by atoms with Crippen molar-refractivity contribution in [2.24, 2.45) is 0 Å². The predicted octanol–water partition coefficient (Wildman–Crippen LogP) is 1.41. The summed E-state index contributed by atoms with van der Waals surface area (Å²) < 4.78 is 27.1. The Hall–Kier alpha value is -2.49. The van der Waals surface area contributed by atoms with E-state index in [1.54, 1.807) is 6.07 Å². The molecule has 0 unspecified atom stereocenters. The number of aliphatic carboxylic acids is 1. The van der Waals surface area contributed by atoms with Crippen LogP contribution in [0.4, 0.5) is 5.69 Å². The Kier molecular flexibility index (Phi) is 5.73. The summed E-state index contributed by atoms with van der Waals surface area (Å²) in [6.45, 7) is 0. The van der Waals surface area contributed by atoms with E-state index < -0.39 is 33.4 Å². The van der Waals surface area contributed by atoms with Gasteiger partial charge in [0, 0.05) is 29.5 Å². The molecule has 0 saturated heterocycles. The number of benzene rings is 2. The quantitative estimate of drug-likeness (QED) is 0.568. The molecule has 2 rings (SSSR count). The topological polar surface area (TPSA) is 129 Å². The van der Waals surface area contributed by atoms with E-state index in [2.05, 4.69) is 4.72 Å². The van der Waals surface area contributed by atoms with Gasteiger partial charge >= 0.3 is 0 Å². The Balaban J connectivity index is 2.46. The van der Waals surface area contributed by atoms with Crippen molar-refractivity contribution in [3.8, 4) is 0 Å². The first-order valence-corrected chi connectivity index (χ1v) is 8.78. The number of halogens is 1. The van der Waals surface area contributed by atoms with Gasteiger partial charge in [-0.2, -0.15) is 0 Å². The number of hydrogen-bond donors (Lipinski definition) is 1. The fraction of sp³-hybridized carbons (Fsp3) is 0.133. The van der Waals surface area contributed by atoms with E-state index in [4.69, 9.17) is 11.6 Å². The molecule has 132 valence electrons. The highest BCUT2D eigenvalue weighted by molar-refractivity contribution is 7.89. The summed E-state index contributed by atoms with van der Waals surface area (Å²) in [6, 6.07) is 9.31. The molecule has 2 aromatic carbocycles. The lowest BCUT2D eigenvalue weighted by Gasteiger charge is -2.20. The molecule has 0 amide bonds. The van der Waals surface area contributed by atoms with Crippen LogP contribution in [-0.4, -0.2) is 19.3 Å². The van der Waals surface area contributed by atoms with E-state index in [0.717, 1.165) is 12.1 Å². The number of carboxylic acid groups (broad SMARTS) is 1. The molecule has 0 aliphatic heterocycles. The molecule has 1 atom stereocenters. The predicted molar refractivity (Wildman–Crippen MR) is 87.2 cm³/mol. The summed E-state index contributed by atoms with van der Waals surface area (Å²) in [5.41, 5.74) is -0.374. The summed E-state index contributed by atoms with van der Waals surface area (Å²) in [6.07, 6.45) is -0.743. The van der Waals surface area contributed by atoms with Gasteiger partial charge in [-0.25, -0.2) is 13.1 Å². The van der Waals surface area contributed by atoms with Crippen LogP contribution in [0.25, 0.3) is 0 Å². The van der Waals surface area contributed by atoms with Gasteiger partial charge < -0.3 is 9.90 Å². The molecule has 1 N–H and O–H groups in total. The van der Waals surface area contributed by atoms with Crippen LogP contribution in [0.2, 0.25) is 5.02 Å². The molecule has 2 aromatic rings. The third-order valence-corrected chi connectivity index (χ3v) is 5.12. The van der Waals surface area contributed by atoms with Gasteiger partial charge in [0.05, 0.1) is 15.9 Å². The van der Waals surface area contributed by atoms with Gasteiger partial charge in [0.25, 0.3) is 5.69 Å². The summed E-state index contributed by atoms with van der Waals surface area (Å²) in [4.78, 5) is 21.1. The number of nitro benzene ring substituents is 1. The Morgan fingerprint density at radius 3 is 2.40 bits per heavy atom. The summed E-state index contributed by atoms with van der Waals surface area (Å²) in [5, 5.41) is 21.9. The van der Waals surface area contributed by atoms with E-state index in [0.29, 0.717) is 0 Å². The molecule has 0 saturated carbocycles. The largest absolute Gasteiger partial charge is 0.550 e. The van der Waals surface area contributed by atoms with Crippen LogP contribution in [0, 0.1) is 10.1 Å². The van der Waals surface area contributed by atoms with Gasteiger partial charge in [0.2, 0.25) is 10.0 Å². The molecule has 0 spiro atoms. The first-order chi connectivity index (χ1) is 11.7. The van der Waals surface area contributed by atoms with Crippen molar-refractivity contribution in [3.05, 3.63) is 69.2 Å². The van der Waals surface area contributed by atoms with Crippen LogP contribution in [-0.2, 0) is 14.8 Å². The monoisotopic (exact) mass is 383 g/mol. The zero-order valence-corrected chi connectivity index (χ0v) is 14.2. The molecule has 10 heteroatoms. The number of nitrogens with zero attached hydrogens (tertiary/aromatic N) is 1. The van der Waals surface area contributed by atoms with E-state index >= 15 is 0 Å². The fourth-order valence-corrected chi connectivity index (χ4v) is 3.63. The highest BCUT2D eigenvalue weighted by atomic mass is 35.5. The highest BCUT2D eigenvalue weighted by Crippen LogP contribution is 2.30. The Bertz CT molecular complexity index is 901. The molecule has 0 heterocycles. The smallest absolute Gasteiger partial charge is 0.269 e. The molecular weight excluding hydrogens is 372 g/mol. The molecular formula is C15H12ClN2O6S-. The van der Waals surface area contributed by atoms with Crippen molar-refractivity contribution < 1.29 is 23.2 Å². The summed E-state index contributed by atoms with van der Waals surface area (Å²) in [7, 11) is -4.07. The molecule has 0 fully saturated rings. The SMILES string of the molecule is O=C([O-])C[C@@H](NS(=O)(=O)c1ccccc1)c1cc([N+](=O)[O-])ccc1Cl. The number of hydrogen-bond acceptors (Lipinski definition) is 6. The van der Waals surface area contributed by atoms with Crippen LogP contribution in [0.5, 0.6) is 0 Å². The van der Waals surface area contributed by atoms with Crippen LogP contribution in [0.15, 0.2) is 53.4 Å². The maximum atomic E-state index is 12.4. The second-order valence-electron chi connectivity index (χ2n) is 5.03. The number of carbonyl (C=O) groups is 1. The molecule has 0 aliphatic rings. The number of nitro groups is 1. The Morgan fingerprint density at radius 1 is 1.20 bits per heavy atom. The van der Waals surface area contributed by atoms with E-state index in [9.17, 15) is 28.4 Å². The van der Waals surface area contributed by atoms with Crippen LogP contribution < -0.4 is 9.83 Å². The minimum absolute atomic E-state index is 0.00684. The number of non-ortho nitro benzene ring substituents is 1. The van der Waals surface area contributed by atoms with Gasteiger partial charge in [-0.3, -0.25) is 10.1 Å². The lowest BCUT2D eigenvalue weighted by Crippen LogP contribution is -2.34. The van der Waals surface area contributed by atoms with E-state index in [1.165, 1.54) is 30.3 Å². The van der Waals surface area contributed by atoms with E-state index in [-0.39, 0.29) is 21.2 Å². The standard InChI is InChI=1S/C15H13ClN2O6S/c16-13-7-6-10(18(21)22)8-12(13)14(9-15(19)20)17-25(23,24)11-4-2-1-3-5-11/h1-8,14,17H,9H2,(H,19,20)/p-1/t14-/m1/s1. The van der Waals surface area contributed by atoms with Gasteiger partial charge in [-0.05, 0) is 23.8 Å². The van der Waals surface area contributed by atoms with Gasteiger partial charge in [0.15, 0.2) is 0 Å². The maximum Gasteiger partial charge on any atom is 0.269 e. The molecule has 0 aromatic heterocycles. The van der Waals surface area contributed by atoms with Gasteiger partial charge in [0.1, 0.15) is 0 Å². The zero-order chi connectivity index (χ0) is 18.6. The number of rotatable bonds is 7. The number of carboxylic acids is 1. The summed E-state index contributed by atoms with van der Waals surface area (Å²) >= 11 is 5.98. The second kappa shape index (κ2) is 7.60. The summed E-state index contributed by atoms with van der Waals surface area (Å²) in [5.74, 6) is -1.54. The molecule has 0 radical (unpaired) electrons. The van der Waals surface area contributed by atoms with Crippen LogP contribution in [0.1, 0.15) is 18.0 Å². The number of carbonyl (C=O) groups excluding carboxylic acids is 1. The minimum Gasteiger partial charge on any atom is -0.550 e.